The van der Waals surface area contributed by atoms with Crippen molar-refractivity contribution >= 4 is 12.0 Å². The maximum Gasteiger partial charge on any atom is 0.317 e. The molecule has 0 fully saturated rings. The van der Waals surface area contributed by atoms with Crippen LogP contribution in [-0.2, 0) is 14.3 Å². The molecule has 1 unspecified atom stereocenters. The molecule has 0 saturated heterocycles. The molecule has 2 amide bonds. The minimum absolute atomic E-state index is 0.133. The molecule has 0 aliphatic heterocycles. The van der Waals surface area contributed by atoms with Crippen LogP contribution < -0.4 is 5.32 Å². The van der Waals surface area contributed by atoms with Crippen molar-refractivity contribution in [1.29, 1.82) is 0 Å². The predicted molar refractivity (Wildman–Crippen MR) is 76.2 cm³/mol. The molecule has 8 nitrogen and oxygen atoms in total. The van der Waals surface area contributed by atoms with Crippen LogP contribution in [0.4, 0.5) is 4.79 Å². The number of amides is 2. The topological polar surface area (TPSA) is 108 Å². The first kappa shape index (κ1) is 19.6. The van der Waals surface area contributed by atoms with Crippen LogP contribution in [0.5, 0.6) is 0 Å². The summed E-state index contributed by atoms with van der Waals surface area (Å²) in [7, 11) is 3.13. The highest BCUT2D eigenvalue weighted by Crippen LogP contribution is 2.07. The second-order valence-corrected chi connectivity index (χ2v) is 5.05. The minimum Gasteiger partial charge on any atom is -0.481 e. The van der Waals surface area contributed by atoms with Crippen molar-refractivity contribution in [3.05, 3.63) is 0 Å². The number of carboxylic acid groups (broad SMARTS) is 1. The third-order valence-electron chi connectivity index (χ3n) is 2.78. The Balaban J connectivity index is 4.34. The van der Waals surface area contributed by atoms with E-state index < -0.39 is 18.0 Å². The maximum atomic E-state index is 12.0. The third kappa shape index (κ3) is 10.1. The van der Waals surface area contributed by atoms with Crippen LogP contribution in [0.15, 0.2) is 0 Å². The lowest BCUT2D eigenvalue weighted by Gasteiger charge is -2.26. The Labute approximate surface area is 125 Å². The molecule has 1 atom stereocenters. The van der Waals surface area contributed by atoms with E-state index in [2.05, 4.69) is 5.32 Å². The van der Waals surface area contributed by atoms with E-state index in [9.17, 15) is 14.7 Å². The molecule has 0 saturated carbocycles. The molecule has 0 aliphatic carbocycles. The lowest BCUT2D eigenvalue weighted by molar-refractivity contribution is -0.141. The number of urea groups is 1. The number of aliphatic carboxylic acids is 1. The van der Waals surface area contributed by atoms with Crippen molar-refractivity contribution in [2.45, 2.75) is 25.4 Å². The highest BCUT2D eigenvalue weighted by Gasteiger charge is 2.25. The third-order valence-corrected chi connectivity index (χ3v) is 2.78. The van der Waals surface area contributed by atoms with E-state index in [0.717, 1.165) is 0 Å². The number of carbonyl (C=O) groups is 2. The normalized spacial score (nSPS) is 13.5. The quantitative estimate of drug-likeness (QED) is 0.460. The minimum atomic E-state index is -1.49. The van der Waals surface area contributed by atoms with E-state index in [-0.39, 0.29) is 12.6 Å². The highest BCUT2D eigenvalue weighted by molar-refractivity contribution is 5.74. The predicted octanol–water partition coefficient (Wildman–Crippen LogP) is -0.0934. The van der Waals surface area contributed by atoms with Crippen molar-refractivity contribution in [2.24, 2.45) is 0 Å². The fourth-order valence-corrected chi connectivity index (χ4v) is 1.68. The van der Waals surface area contributed by atoms with Crippen molar-refractivity contribution in [2.75, 3.05) is 47.1 Å². The molecule has 0 heterocycles. The molecular formula is C13H26N2O6. The summed E-state index contributed by atoms with van der Waals surface area (Å²) in [5.41, 5.74) is -1.49. The summed E-state index contributed by atoms with van der Waals surface area (Å²) in [6.45, 7) is 3.06. The molecule has 21 heavy (non-hydrogen) atoms. The molecule has 0 rings (SSSR count). The number of carbonyl (C=O) groups excluding carboxylic acids is 1. The average Bonchev–Trinajstić information content (AvgIpc) is 2.38. The van der Waals surface area contributed by atoms with Gasteiger partial charge in [0.25, 0.3) is 0 Å². The number of nitrogens with zero attached hydrogens (tertiary/aromatic N) is 1. The first-order chi connectivity index (χ1) is 9.82. The first-order valence-corrected chi connectivity index (χ1v) is 6.77. The molecule has 0 aliphatic rings. The standard InChI is InChI=1S/C13H26N2O6/c1-13(19,9-11(16)17)10-14-12(18)15(6-8-21-3)5-4-7-20-2/h19H,4-10H2,1-3H3,(H,14,18)(H,16,17). The Morgan fingerprint density at radius 1 is 1.19 bits per heavy atom. The number of hydrogen-bond acceptors (Lipinski definition) is 5. The Hall–Kier alpha value is -1.38. The zero-order valence-corrected chi connectivity index (χ0v) is 12.9. The molecule has 0 radical (unpaired) electrons. The van der Waals surface area contributed by atoms with Crippen molar-refractivity contribution < 1.29 is 29.3 Å². The molecule has 3 N–H and O–H groups in total. The van der Waals surface area contributed by atoms with Gasteiger partial charge in [0.15, 0.2) is 0 Å². The molecule has 8 heteroatoms. The summed E-state index contributed by atoms with van der Waals surface area (Å²) < 4.78 is 9.89. The summed E-state index contributed by atoms with van der Waals surface area (Å²) in [6.07, 6.45) is 0.244. The van der Waals surface area contributed by atoms with Gasteiger partial charge in [0, 0.05) is 40.5 Å². The van der Waals surface area contributed by atoms with Gasteiger partial charge >= 0.3 is 12.0 Å². The van der Waals surface area contributed by atoms with Crippen LogP contribution in [0.25, 0.3) is 0 Å². The molecule has 0 bridgehead atoms. The van der Waals surface area contributed by atoms with Gasteiger partial charge in [-0.15, -0.1) is 0 Å². The lowest BCUT2D eigenvalue weighted by atomic mass is 10.0. The zero-order valence-electron chi connectivity index (χ0n) is 12.9. The van der Waals surface area contributed by atoms with E-state index in [0.29, 0.717) is 32.7 Å². The van der Waals surface area contributed by atoms with Crippen LogP contribution in [0.1, 0.15) is 19.8 Å². The number of aliphatic hydroxyl groups is 1. The summed E-state index contributed by atoms with van der Waals surface area (Å²) in [5, 5.41) is 21.1. The number of carboxylic acids is 1. The SMILES string of the molecule is COCCCN(CCOC)C(=O)NCC(C)(O)CC(=O)O. The van der Waals surface area contributed by atoms with Gasteiger partial charge in [0.2, 0.25) is 0 Å². The highest BCUT2D eigenvalue weighted by atomic mass is 16.5. The van der Waals surface area contributed by atoms with Gasteiger partial charge < -0.3 is 29.9 Å². The van der Waals surface area contributed by atoms with E-state index in [1.807, 2.05) is 0 Å². The first-order valence-electron chi connectivity index (χ1n) is 6.77. The van der Waals surface area contributed by atoms with Crippen molar-refractivity contribution in [3.8, 4) is 0 Å². The Kier molecular flexibility index (Phi) is 9.68. The van der Waals surface area contributed by atoms with Crippen LogP contribution in [-0.4, -0.2) is 79.8 Å². The number of nitrogens with one attached hydrogen (secondary N) is 1. The second-order valence-electron chi connectivity index (χ2n) is 5.05. The Bertz CT molecular complexity index is 322. The fraction of sp³-hybridized carbons (Fsp3) is 0.846. The van der Waals surface area contributed by atoms with Gasteiger partial charge in [-0.1, -0.05) is 0 Å². The molecule has 0 aromatic carbocycles. The molecule has 0 aromatic heterocycles. The second kappa shape index (κ2) is 10.4. The monoisotopic (exact) mass is 306 g/mol. The van der Waals surface area contributed by atoms with Crippen LogP contribution >= 0.6 is 0 Å². The van der Waals surface area contributed by atoms with E-state index in [4.69, 9.17) is 14.6 Å². The zero-order chi connectivity index (χ0) is 16.3. The van der Waals surface area contributed by atoms with E-state index in [1.54, 1.807) is 19.1 Å². The van der Waals surface area contributed by atoms with Gasteiger partial charge in [-0.2, -0.15) is 0 Å². The molecule has 0 aromatic rings. The van der Waals surface area contributed by atoms with Crippen molar-refractivity contribution in [3.63, 3.8) is 0 Å². The van der Waals surface area contributed by atoms with Gasteiger partial charge in [-0.05, 0) is 13.3 Å². The lowest BCUT2D eigenvalue weighted by Crippen LogP contribution is -2.48. The van der Waals surface area contributed by atoms with Gasteiger partial charge in [-0.3, -0.25) is 4.79 Å². The summed E-state index contributed by atoms with van der Waals surface area (Å²) >= 11 is 0. The number of rotatable bonds is 11. The van der Waals surface area contributed by atoms with E-state index in [1.165, 1.54) is 6.92 Å². The van der Waals surface area contributed by atoms with Gasteiger partial charge in [0.1, 0.15) is 0 Å². The fourth-order valence-electron chi connectivity index (χ4n) is 1.68. The Morgan fingerprint density at radius 3 is 2.33 bits per heavy atom. The number of ether oxygens (including phenoxy) is 2. The number of methoxy groups -OCH3 is 2. The molecular weight excluding hydrogens is 280 g/mol. The molecule has 124 valence electrons. The van der Waals surface area contributed by atoms with Crippen molar-refractivity contribution in [1.82, 2.24) is 10.2 Å². The summed E-state index contributed by atoms with van der Waals surface area (Å²) in [4.78, 5) is 24.2. The van der Waals surface area contributed by atoms with E-state index >= 15 is 0 Å². The van der Waals surface area contributed by atoms with Crippen LogP contribution in [0.2, 0.25) is 0 Å². The summed E-state index contributed by atoms with van der Waals surface area (Å²) in [6, 6.07) is -0.367. The Morgan fingerprint density at radius 2 is 1.81 bits per heavy atom. The number of hydrogen-bond donors (Lipinski definition) is 3. The molecule has 0 spiro atoms. The smallest absolute Gasteiger partial charge is 0.317 e. The van der Waals surface area contributed by atoms with Gasteiger partial charge in [0.05, 0.1) is 18.6 Å². The average molecular weight is 306 g/mol. The summed E-state index contributed by atoms with van der Waals surface area (Å²) in [5.74, 6) is -1.12. The van der Waals surface area contributed by atoms with Crippen LogP contribution in [0, 0.1) is 0 Å². The van der Waals surface area contributed by atoms with Crippen LogP contribution in [0.3, 0.4) is 0 Å². The largest absolute Gasteiger partial charge is 0.481 e. The van der Waals surface area contributed by atoms with Gasteiger partial charge in [-0.25, -0.2) is 4.79 Å². The maximum absolute atomic E-state index is 12.0.